The summed E-state index contributed by atoms with van der Waals surface area (Å²) in [6.45, 7) is 7.13. The van der Waals surface area contributed by atoms with Gasteiger partial charge < -0.3 is 20.1 Å². The molecule has 30 heavy (non-hydrogen) atoms. The van der Waals surface area contributed by atoms with Gasteiger partial charge in [-0.1, -0.05) is 17.7 Å². The van der Waals surface area contributed by atoms with Crippen LogP contribution < -0.4 is 15.2 Å². The van der Waals surface area contributed by atoms with Crippen LogP contribution >= 0.6 is 11.6 Å². The first-order valence-electron chi connectivity index (χ1n) is 9.71. The second-order valence-electron chi connectivity index (χ2n) is 7.34. The predicted molar refractivity (Wildman–Crippen MR) is 113 cm³/mol. The Bertz CT molecular complexity index is 914. The first kappa shape index (κ1) is 21.9. The normalized spacial score (nSPS) is 14.6. The van der Waals surface area contributed by atoms with E-state index in [2.05, 4.69) is 9.88 Å². The van der Waals surface area contributed by atoms with Crippen molar-refractivity contribution in [2.45, 2.75) is 26.5 Å². The minimum atomic E-state index is -0.627. The van der Waals surface area contributed by atoms with Crippen molar-refractivity contribution in [2.24, 2.45) is 5.73 Å². The van der Waals surface area contributed by atoms with E-state index < -0.39 is 12.0 Å². The van der Waals surface area contributed by atoms with E-state index in [1.807, 2.05) is 32.0 Å². The standard InChI is InChI=1S/C21H25ClN4O4/c1-14(2)29-19-9-15(3-4-18(19)22)13-25-5-7-26(8-6-25)21(28)30-17-10-16(20(23)27)11-24-12-17/h3-4,9-12,14H,5-8,13H2,1-2H3,(H2,23,27). The monoisotopic (exact) mass is 432 g/mol. The topological polar surface area (TPSA) is 98.0 Å². The van der Waals surface area contributed by atoms with E-state index in [0.717, 1.165) is 12.1 Å². The number of ether oxygens (including phenoxy) is 2. The number of rotatable bonds is 6. The Morgan fingerprint density at radius 2 is 1.90 bits per heavy atom. The van der Waals surface area contributed by atoms with Gasteiger partial charge in [0.15, 0.2) is 5.75 Å². The number of nitrogens with two attached hydrogens (primary N) is 1. The lowest BCUT2D eigenvalue weighted by Gasteiger charge is -2.34. The SMILES string of the molecule is CC(C)Oc1cc(CN2CCN(C(=O)Oc3cncc(C(N)=O)c3)CC2)ccc1Cl. The lowest BCUT2D eigenvalue weighted by molar-refractivity contribution is 0.0995. The van der Waals surface area contributed by atoms with Crippen LogP contribution in [0.3, 0.4) is 0 Å². The van der Waals surface area contributed by atoms with Gasteiger partial charge >= 0.3 is 6.09 Å². The molecule has 2 heterocycles. The number of primary amides is 1. The molecule has 1 fully saturated rings. The van der Waals surface area contributed by atoms with Crippen molar-refractivity contribution < 1.29 is 19.1 Å². The summed E-state index contributed by atoms with van der Waals surface area (Å²) in [5, 5.41) is 0.593. The number of pyridine rings is 1. The number of amides is 2. The van der Waals surface area contributed by atoms with Gasteiger partial charge in [0.05, 0.1) is 22.9 Å². The number of hydrogen-bond acceptors (Lipinski definition) is 6. The lowest BCUT2D eigenvalue weighted by Crippen LogP contribution is -2.49. The summed E-state index contributed by atoms with van der Waals surface area (Å²) in [5.41, 5.74) is 6.51. The van der Waals surface area contributed by atoms with Crippen LogP contribution in [-0.2, 0) is 6.54 Å². The summed E-state index contributed by atoms with van der Waals surface area (Å²) in [4.78, 5) is 31.4. The van der Waals surface area contributed by atoms with Crippen LogP contribution in [0.5, 0.6) is 11.5 Å². The van der Waals surface area contributed by atoms with Crippen LogP contribution in [0, 0.1) is 0 Å². The van der Waals surface area contributed by atoms with Gasteiger partial charge in [0.2, 0.25) is 5.91 Å². The summed E-state index contributed by atoms with van der Waals surface area (Å²) in [5.74, 6) is 0.244. The Morgan fingerprint density at radius 1 is 1.17 bits per heavy atom. The molecule has 3 rings (SSSR count). The highest BCUT2D eigenvalue weighted by Gasteiger charge is 2.23. The van der Waals surface area contributed by atoms with E-state index in [1.54, 1.807) is 4.90 Å². The number of hydrogen-bond donors (Lipinski definition) is 1. The molecule has 1 aromatic carbocycles. The summed E-state index contributed by atoms with van der Waals surface area (Å²) in [6.07, 6.45) is 2.27. The molecule has 1 saturated heterocycles. The first-order valence-corrected chi connectivity index (χ1v) is 10.1. The number of nitrogens with zero attached hydrogens (tertiary/aromatic N) is 3. The Labute approximate surface area is 180 Å². The van der Waals surface area contributed by atoms with Crippen LogP contribution in [0.1, 0.15) is 29.8 Å². The minimum absolute atomic E-state index is 0.0474. The summed E-state index contributed by atoms with van der Waals surface area (Å²) >= 11 is 6.20. The largest absolute Gasteiger partial charge is 0.489 e. The Balaban J connectivity index is 1.53. The minimum Gasteiger partial charge on any atom is -0.489 e. The van der Waals surface area contributed by atoms with E-state index in [1.165, 1.54) is 18.5 Å². The highest BCUT2D eigenvalue weighted by molar-refractivity contribution is 6.32. The molecule has 2 amide bonds. The zero-order valence-electron chi connectivity index (χ0n) is 17.0. The molecule has 1 aliphatic rings. The van der Waals surface area contributed by atoms with Gasteiger partial charge in [-0.15, -0.1) is 0 Å². The van der Waals surface area contributed by atoms with Gasteiger partial charge in [-0.2, -0.15) is 0 Å². The zero-order chi connectivity index (χ0) is 21.7. The van der Waals surface area contributed by atoms with Crippen molar-refractivity contribution in [3.8, 4) is 11.5 Å². The molecule has 0 saturated carbocycles. The van der Waals surface area contributed by atoms with Gasteiger partial charge in [0, 0.05) is 38.9 Å². The van der Waals surface area contributed by atoms with E-state index in [9.17, 15) is 9.59 Å². The number of halogens is 1. The van der Waals surface area contributed by atoms with Crippen molar-refractivity contribution in [1.82, 2.24) is 14.8 Å². The quantitative estimate of drug-likeness (QED) is 0.753. The van der Waals surface area contributed by atoms with Gasteiger partial charge in [0.1, 0.15) is 5.75 Å². The molecular weight excluding hydrogens is 408 g/mol. The van der Waals surface area contributed by atoms with Crippen molar-refractivity contribution in [1.29, 1.82) is 0 Å². The number of piperazine rings is 1. The predicted octanol–water partition coefficient (Wildman–Crippen LogP) is 2.94. The average molecular weight is 433 g/mol. The fourth-order valence-electron chi connectivity index (χ4n) is 3.11. The summed E-state index contributed by atoms with van der Waals surface area (Å²) in [6, 6.07) is 7.19. The Morgan fingerprint density at radius 3 is 2.57 bits per heavy atom. The summed E-state index contributed by atoms with van der Waals surface area (Å²) in [7, 11) is 0. The second-order valence-corrected chi connectivity index (χ2v) is 7.74. The summed E-state index contributed by atoms with van der Waals surface area (Å²) < 4.78 is 11.1. The van der Waals surface area contributed by atoms with Crippen LogP contribution in [0.2, 0.25) is 5.02 Å². The molecule has 0 atom stereocenters. The molecule has 1 aromatic heterocycles. The maximum Gasteiger partial charge on any atom is 0.415 e. The zero-order valence-corrected chi connectivity index (χ0v) is 17.8. The number of carbonyl (C=O) groups is 2. The Kier molecular flexibility index (Phi) is 7.12. The molecule has 2 aromatic rings. The first-order chi connectivity index (χ1) is 14.3. The second kappa shape index (κ2) is 9.77. The molecule has 0 aliphatic carbocycles. The van der Waals surface area contributed by atoms with E-state index in [4.69, 9.17) is 26.8 Å². The molecular formula is C21H25ClN4O4. The maximum absolute atomic E-state index is 12.4. The van der Waals surface area contributed by atoms with E-state index in [0.29, 0.717) is 37.0 Å². The number of benzene rings is 1. The molecule has 0 unspecified atom stereocenters. The molecule has 9 heteroatoms. The lowest BCUT2D eigenvalue weighted by atomic mass is 10.2. The number of carbonyl (C=O) groups excluding carboxylic acids is 2. The highest BCUT2D eigenvalue weighted by atomic mass is 35.5. The highest BCUT2D eigenvalue weighted by Crippen LogP contribution is 2.27. The van der Waals surface area contributed by atoms with Gasteiger partial charge in [-0.3, -0.25) is 14.7 Å². The molecule has 1 aliphatic heterocycles. The molecule has 0 spiro atoms. The average Bonchev–Trinajstić information content (AvgIpc) is 2.71. The van der Waals surface area contributed by atoms with Crippen LogP contribution in [0.15, 0.2) is 36.7 Å². The molecule has 2 N–H and O–H groups in total. The van der Waals surface area contributed by atoms with Crippen molar-refractivity contribution in [3.05, 3.63) is 52.8 Å². The van der Waals surface area contributed by atoms with Crippen LogP contribution in [0.25, 0.3) is 0 Å². The van der Waals surface area contributed by atoms with Crippen molar-refractivity contribution >= 4 is 23.6 Å². The molecule has 0 bridgehead atoms. The van der Waals surface area contributed by atoms with Crippen LogP contribution in [-0.4, -0.2) is 59.1 Å². The molecule has 0 radical (unpaired) electrons. The fraction of sp³-hybridized carbons (Fsp3) is 0.381. The van der Waals surface area contributed by atoms with E-state index >= 15 is 0 Å². The third-order valence-electron chi connectivity index (χ3n) is 4.60. The van der Waals surface area contributed by atoms with Gasteiger partial charge in [-0.25, -0.2) is 4.79 Å². The fourth-order valence-corrected chi connectivity index (χ4v) is 3.27. The molecule has 8 nitrogen and oxygen atoms in total. The molecule has 160 valence electrons. The number of aromatic nitrogens is 1. The Hall–Kier alpha value is -2.84. The smallest absolute Gasteiger partial charge is 0.415 e. The third-order valence-corrected chi connectivity index (χ3v) is 4.91. The van der Waals surface area contributed by atoms with Gasteiger partial charge in [-0.05, 0) is 37.6 Å². The van der Waals surface area contributed by atoms with Crippen LogP contribution in [0.4, 0.5) is 4.79 Å². The van der Waals surface area contributed by atoms with Crippen molar-refractivity contribution in [3.63, 3.8) is 0 Å². The maximum atomic E-state index is 12.4. The van der Waals surface area contributed by atoms with Gasteiger partial charge in [0.25, 0.3) is 0 Å². The van der Waals surface area contributed by atoms with E-state index in [-0.39, 0.29) is 17.4 Å². The van der Waals surface area contributed by atoms with Crippen molar-refractivity contribution in [2.75, 3.05) is 26.2 Å². The third kappa shape index (κ3) is 5.84.